The third kappa shape index (κ3) is 2.86. The maximum absolute atomic E-state index is 12.4. The molecule has 0 aromatic carbocycles. The van der Waals surface area contributed by atoms with E-state index in [1.54, 1.807) is 11.0 Å². The number of carboxylic acid groups (broad SMARTS) is 1. The Morgan fingerprint density at radius 1 is 1.22 bits per heavy atom. The summed E-state index contributed by atoms with van der Waals surface area (Å²) in [6.45, 7) is 1.47. The average molecular weight is 271 g/mol. The van der Waals surface area contributed by atoms with Gasteiger partial charge in [0, 0.05) is 30.0 Å². The molecule has 0 aromatic heterocycles. The fraction of sp³-hybridized carbons (Fsp3) is 0.692. The van der Waals surface area contributed by atoms with Crippen LogP contribution in [0.1, 0.15) is 32.1 Å². The molecule has 0 saturated carbocycles. The Morgan fingerprint density at radius 3 is 2.50 bits per heavy atom. The third-order valence-corrected chi connectivity index (χ3v) is 4.09. The molecule has 1 aliphatic carbocycles. The number of likely N-dealkylation sites (tertiary alicyclic amines) is 1. The zero-order valence-electron chi connectivity index (χ0n) is 10.2. The van der Waals surface area contributed by atoms with Crippen LogP contribution < -0.4 is 5.11 Å². The van der Waals surface area contributed by atoms with Gasteiger partial charge in [0.1, 0.15) is 0 Å². The molecule has 2 rings (SSSR count). The first-order valence-corrected chi connectivity index (χ1v) is 6.81. The number of hydrogen-bond acceptors (Lipinski definition) is 3. The second kappa shape index (κ2) is 5.74. The minimum atomic E-state index is -1.15. The van der Waals surface area contributed by atoms with E-state index in [4.69, 9.17) is 11.6 Å². The van der Waals surface area contributed by atoms with E-state index in [-0.39, 0.29) is 5.91 Å². The summed E-state index contributed by atoms with van der Waals surface area (Å²) in [4.78, 5) is 25.2. The van der Waals surface area contributed by atoms with Gasteiger partial charge in [0.2, 0.25) is 5.91 Å². The maximum Gasteiger partial charge on any atom is 0.226 e. The second-order valence-corrected chi connectivity index (χ2v) is 5.49. The van der Waals surface area contributed by atoms with E-state index in [1.807, 2.05) is 0 Å². The molecule has 1 saturated heterocycles. The van der Waals surface area contributed by atoms with Crippen molar-refractivity contribution in [1.82, 2.24) is 4.90 Å². The lowest BCUT2D eigenvalue weighted by Gasteiger charge is -2.35. The Bertz CT molecular complexity index is 374. The highest BCUT2D eigenvalue weighted by molar-refractivity contribution is 6.29. The molecular formula is C13H17ClNO3-. The van der Waals surface area contributed by atoms with Gasteiger partial charge in [-0.2, -0.15) is 0 Å². The molecule has 1 aliphatic heterocycles. The number of piperidine rings is 1. The average Bonchev–Trinajstić information content (AvgIpc) is 2.38. The van der Waals surface area contributed by atoms with Crippen LogP contribution in [0.25, 0.3) is 0 Å². The van der Waals surface area contributed by atoms with Gasteiger partial charge in [0.15, 0.2) is 0 Å². The van der Waals surface area contributed by atoms with Crippen LogP contribution in [0.3, 0.4) is 0 Å². The normalized spacial score (nSPS) is 28.7. The number of carboxylic acids is 1. The lowest BCUT2D eigenvalue weighted by Crippen LogP contribution is -2.47. The van der Waals surface area contributed by atoms with Crippen molar-refractivity contribution < 1.29 is 14.7 Å². The Kier molecular flexibility index (Phi) is 4.27. The van der Waals surface area contributed by atoms with Crippen LogP contribution in [-0.2, 0) is 9.59 Å². The van der Waals surface area contributed by atoms with E-state index in [2.05, 4.69) is 0 Å². The predicted molar refractivity (Wildman–Crippen MR) is 65.6 cm³/mol. The van der Waals surface area contributed by atoms with Crippen LogP contribution in [0.5, 0.6) is 0 Å². The summed E-state index contributed by atoms with van der Waals surface area (Å²) in [5.41, 5.74) is 0. The summed E-state index contributed by atoms with van der Waals surface area (Å²) in [7, 11) is 0. The van der Waals surface area contributed by atoms with E-state index in [0.717, 1.165) is 32.4 Å². The number of halogens is 1. The van der Waals surface area contributed by atoms with Crippen molar-refractivity contribution in [3.8, 4) is 0 Å². The van der Waals surface area contributed by atoms with Crippen LogP contribution in [0.15, 0.2) is 11.1 Å². The number of aliphatic carboxylic acids is 1. The fourth-order valence-electron chi connectivity index (χ4n) is 2.72. The molecule has 0 N–H and O–H groups in total. The van der Waals surface area contributed by atoms with E-state index < -0.39 is 17.8 Å². The van der Waals surface area contributed by atoms with Gasteiger partial charge in [-0.1, -0.05) is 17.7 Å². The summed E-state index contributed by atoms with van der Waals surface area (Å²) >= 11 is 5.94. The SMILES string of the molecule is O=C([O-])C1CC=C(Cl)CC1C(=O)N1CCCCC1. The number of hydrogen-bond donors (Lipinski definition) is 0. The van der Waals surface area contributed by atoms with Gasteiger partial charge in [-0.15, -0.1) is 0 Å². The van der Waals surface area contributed by atoms with Gasteiger partial charge < -0.3 is 14.8 Å². The molecule has 0 aromatic rings. The highest BCUT2D eigenvalue weighted by Crippen LogP contribution is 2.33. The quantitative estimate of drug-likeness (QED) is 0.749. The van der Waals surface area contributed by atoms with Crippen molar-refractivity contribution >= 4 is 23.5 Å². The first kappa shape index (κ1) is 13.4. The first-order chi connectivity index (χ1) is 8.59. The number of carbonyl (C=O) groups excluding carboxylic acids is 2. The zero-order chi connectivity index (χ0) is 13.1. The number of nitrogens with zero attached hydrogens (tertiary/aromatic N) is 1. The van der Waals surface area contributed by atoms with E-state index >= 15 is 0 Å². The number of amides is 1. The molecule has 2 unspecified atom stereocenters. The topological polar surface area (TPSA) is 60.4 Å². The Labute approximate surface area is 112 Å². The maximum atomic E-state index is 12.4. The molecule has 1 amide bonds. The van der Waals surface area contributed by atoms with E-state index in [9.17, 15) is 14.7 Å². The van der Waals surface area contributed by atoms with Crippen LogP contribution >= 0.6 is 11.6 Å². The van der Waals surface area contributed by atoms with Gasteiger partial charge in [-0.05, 0) is 32.1 Å². The van der Waals surface area contributed by atoms with Crippen LogP contribution in [-0.4, -0.2) is 29.9 Å². The van der Waals surface area contributed by atoms with E-state index in [0.29, 0.717) is 17.9 Å². The lowest BCUT2D eigenvalue weighted by molar-refractivity contribution is -0.313. The molecular weight excluding hydrogens is 254 g/mol. The van der Waals surface area contributed by atoms with Gasteiger partial charge in [-0.3, -0.25) is 4.79 Å². The Morgan fingerprint density at radius 2 is 1.89 bits per heavy atom. The molecule has 1 heterocycles. The highest BCUT2D eigenvalue weighted by Gasteiger charge is 2.35. The Balaban J connectivity index is 2.10. The van der Waals surface area contributed by atoms with Gasteiger partial charge in [0.25, 0.3) is 0 Å². The van der Waals surface area contributed by atoms with Gasteiger partial charge in [0.05, 0.1) is 5.92 Å². The molecule has 2 atom stereocenters. The first-order valence-electron chi connectivity index (χ1n) is 6.44. The molecule has 1 fully saturated rings. The van der Waals surface area contributed by atoms with Crippen molar-refractivity contribution in [2.75, 3.05) is 13.1 Å². The smallest absolute Gasteiger partial charge is 0.226 e. The number of rotatable bonds is 2. The fourth-order valence-corrected chi connectivity index (χ4v) is 2.98. The van der Waals surface area contributed by atoms with Crippen molar-refractivity contribution in [2.24, 2.45) is 11.8 Å². The van der Waals surface area contributed by atoms with Crippen molar-refractivity contribution in [2.45, 2.75) is 32.1 Å². The molecule has 18 heavy (non-hydrogen) atoms. The largest absolute Gasteiger partial charge is 0.550 e. The standard InChI is InChI=1S/C13H18ClNO3/c14-9-4-5-10(13(17)18)11(8-9)12(16)15-6-2-1-3-7-15/h4,10-11H,1-3,5-8H2,(H,17,18)/p-1. The summed E-state index contributed by atoms with van der Waals surface area (Å²) in [6, 6.07) is 0. The van der Waals surface area contributed by atoms with Crippen molar-refractivity contribution in [3.63, 3.8) is 0 Å². The second-order valence-electron chi connectivity index (χ2n) is 5.01. The van der Waals surface area contributed by atoms with Crippen LogP contribution in [0, 0.1) is 11.8 Å². The monoisotopic (exact) mass is 270 g/mol. The molecule has 0 radical (unpaired) electrons. The third-order valence-electron chi connectivity index (χ3n) is 3.78. The van der Waals surface area contributed by atoms with Gasteiger partial charge in [-0.25, -0.2) is 0 Å². The minimum Gasteiger partial charge on any atom is -0.550 e. The summed E-state index contributed by atoms with van der Waals surface area (Å²) < 4.78 is 0. The molecule has 0 spiro atoms. The van der Waals surface area contributed by atoms with Crippen molar-refractivity contribution in [1.29, 1.82) is 0 Å². The lowest BCUT2D eigenvalue weighted by atomic mass is 9.81. The predicted octanol–water partition coefficient (Wildman–Crippen LogP) is 0.898. The van der Waals surface area contributed by atoms with Gasteiger partial charge >= 0.3 is 0 Å². The molecule has 5 heteroatoms. The molecule has 4 nitrogen and oxygen atoms in total. The number of allylic oxidation sites excluding steroid dienone is 2. The number of carbonyl (C=O) groups is 2. The summed E-state index contributed by atoms with van der Waals surface area (Å²) in [6.07, 6.45) is 5.44. The molecule has 0 bridgehead atoms. The molecule has 100 valence electrons. The highest BCUT2D eigenvalue weighted by atomic mass is 35.5. The van der Waals surface area contributed by atoms with Crippen LogP contribution in [0.4, 0.5) is 0 Å². The minimum absolute atomic E-state index is 0.0739. The van der Waals surface area contributed by atoms with E-state index in [1.165, 1.54) is 0 Å². The zero-order valence-corrected chi connectivity index (χ0v) is 11.0. The summed E-state index contributed by atoms with van der Waals surface area (Å²) in [5.74, 6) is -2.51. The summed E-state index contributed by atoms with van der Waals surface area (Å²) in [5, 5.41) is 11.7. The molecule has 2 aliphatic rings. The van der Waals surface area contributed by atoms with Crippen molar-refractivity contribution in [3.05, 3.63) is 11.1 Å². The Hall–Kier alpha value is -1.03. The van der Waals surface area contributed by atoms with Crippen LogP contribution in [0.2, 0.25) is 0 Å².